The predicted molar refractivity (Wildman–Crippen MR) is 21.4 cm³/mol. The standard InChI is InChI=1S/3CH2O2.Cr/c3*2-1-3;/h3*1H,(H,2,3);/q;;;+3/p-3. The van der Waals surface area contributed by atoms with Crippen LogP contribution >= 0.6 is 0 Å². The van der Waals surface area contributed by atoms with E-state index in [1.165, 1.54) is 0 Å². The molecule has 0 aliphatic heterocycles. The molecule has 0 N–H and O–H groups in total. The van der Waals surface area contributed by atoms with E-state index in [2.05, 4.69) is 11.4 Å². The number of hydrogen-bond donors (Lipinski definition) is 0. The van der Waals surface area contributed by atoms with Crippen molar-refractivity contribution >= 4 is 19.4 Å². The number of carbonyl (C=O) groups is 3. The summed E-state index contributed by atoms with van der Waals surface area (Å²) in [5, 5.41) is 0. The fourth-order valence-corrected chi connectivity index (χ4v) is 0.677. The Morgan fingerprint density at radius 2 is 1.10 bits per heavy atom. The van der Waals surface area contributed by atoms with E-state index in [1.807, 2.05) is 0 Å². The van der Waals surface area contributed by atoms with Gasteiger partial charge in [0.05, 0.1) is 0 Å². The second kappa shape index (κ2) is 6.07. The summed E-state index contributed by atoms with van der Waals surface area (Å²) < 4.78 is 12.2. The molecule has 0 radical (unpaired) electrons. The average Bonchev–Trinajstić information content (AvgIpc) is 1.90. The van der Waals surface area contributed by atoms with Gasteiger partial charge in [0.25, 0.3) is 0 Å². The van der Waals surface area contributed by atoms with E-state index < -0.39 is 15.1 Å². The van der Waals surface area contributed by atoms with Crippen LogP contribution in [0.2, 0.25) is 0 Å². The Labute approximate surface area is 61.1 Å². The van der Waals surface area contributed by atoms with Crippen molar-refractivity contribution in [1.82, 2.24) is 0 Å². The van der Waals surface area contributed by atoms with Gasteiger partial charge in [-0.2, -0.15) is 0 Å². The molecule has 0 atom stereocenters. The van der Waals surface area contributed by atoms with Crippen molar-refractivity contribution in [3.63, 3.8) is 0 Å². The molecule has 0 aromatic carbocycles. The first-order chi connectivity index (χ1) is 4.85. The van der Waals surface area contributed by atoms with Gasteiger partial charge in [0.1, 0.15) is 0 Å². The second-order valence-electron chi connectivity index (χ2n) is 0.781. The summed E-state index contributed by atoms with van der Waals surface area (Å²) in [6.07, 6.45) is 0. The molecule has 6 nitrogen and oxygen atoms in total. The third-order valence-electron chi connectivity index (χ3n) is 0.354. The third-order valence-corrected chi connectivity index (χ3v) is 1.46. The molecule has 0 fully saturated rings. The summed E-state index contributed by atoms with van der Waals surface area (Å²) in [6, 6.07) is 0. The summed E-state index contributed by atoms with van der Waals surface area (Å²) in [4.78, 5) is 28.7. The predicted octanol–water partition coefficient (Wildman–Crippen LogP) is -1.13. The maximum atomic E-state index is 9.58. The SMILES string of the molecule is O=C[O][Cr]([O]C=O)[O]C=O. The van der Waals surface area contributed by atoms with Crippen LogP contribution in [0, 0.1) is 0 Å². The zero-order chi connectivity index (χ0) is 7.82. The first-order valence-corrected chi connectivity index (χ1v) is 3.48. The second-order valence-corrected chi connectivity index (χ2v) is 2.32. The Morgan fingerprint density at radius 3 is 1.30 bits per heavy atom. The Morgan fingerprint density at radius 1 is 0.800 bits per heavy atom. The molecule has 57 valence electrons. The first-order valence-electron chi connectivity index (χ1n) is 1.91. The average molecular weight is 187 g/mol. The van der Waals surface area contributed by atoms with Gasteiger partial charge in [-0.05, 0) is 0 Å². The van der Waals surface area contributed by atoms with E-state index in [0.717, 1.165) is 0 Å². The molecule has 0 aromatic heterocycles. The summed E-state index contributed by atoms with van der Waals surface area (Å²) in [5.74, 6) is 0. The zero-order valence-corrected chi connectivity index (χ0v) is 5.86. The van der Waals surface area contributed by atoms with Gasteiger partial charge in [-0.1, -0.05) is 0 Å². The van der Waals surface area contributed by atoms with Gasteiger partial charge in [-0.25, -0.2) is 0 Å². The molecule has 0 spiro atoms. The Balaban J connectivity index is 3.58. The van der Waals surface area contributed by atoms with Gasteiger partial charge in [-0.15, -0.1) is 0 Å². The molecule has 10 heavy (non-hydrogen) atoms. The van der Waals surface area contributed by atoms with Crippen molar-refractivity contribution in [3.8, 4) is 0 Å². The van der Waals surface area contributed by atoms with Crippen molar-refractivity contribution in [3.05, 3.63) is 0 Å². The van der Waals surface area contributed by atoms with E-state index in [-0.39, 0.29) is 19.4 Å². The van der Waals surface area contributed by atoms with Crippen molar-refractivity contribution < 1.29 is 40.9 Å². The molecule has 0 heterocycles. The van der Waals surface area contributed by atoms with Crippen molar-refractivity contribution in [2.45, 2.75) is 0 Å². The molecular weight excluding hydrogens is 184 g/mol. The Kier molecular flexibility index (Phi) is 5.43. The molecule has 0 rings (SSSR count). The van der Waals surface area contributed by atoms with Crippen LogP contribution in [-0.2, 0) is 40.9 Å². The third kappa shape index (κ3) is 3.89. The molecule has 0 unspecified atom stereocenters. The van der Waals surface area contributed by atoms with E-state index in [0.29, 0.717) is 0 Å². The van der Waals surface area contributed by atoms with Gasteiger partial charge in [0, 0.05) is 0 Å². The van der Waals surface area contributed by atoms with E-state index in [1.54, 1.807) is 0 Å². The fraction of sp³-hybridized carbons (Fsp3) is 0. The zero-order valence-electron chi connectivity index (χ0n) is 4.59. The van der Waals surface area contributed by atoms with Crippen molar-refractivity contribution in [2.75, 3.05) is 0 Å². The van der Waals surface area contributed by atoms with Gasteiger partial charge >= 0.3 is 60.3 Å². The normalized spacial score (nSPS) is 8.10. The minimum atomic E-state index is -2.71. The van der Waals surface area contributed by atoms with Crippen LogP contribution in [0.3, 0.4) is 0 Å². The number of rotatable bonds is 6. The Bertz CT molecular complexity index is 100. The minimum absolute atomic E-state index is 0.0394. The maximum absolute atomic E-state index is 9.58. The van der Waals surface area contributed by atoms with Crippen LogP contribution < -0.4 is 0 Å². The van der Waals surface area contributed by atoms with E-state index in [4.69, 9.17) is 0 Å². The molecule has 0 amide bonds. The molecule has 7 heteroatoms. The molecule has 0 aliphatic carbocycles. The monoisotopic (exact) mass is 187 g/mol. The van der Waals surface area contributed by atoms with E-state index >= 15 is 0 Å². The fourth-order valence-electron chi connectivity index (χ4n) is 0.164. The molecular formula is C3H3CrO6. The first kappa shape index (κ1) is 8.94. The molecule has 0 saturated heterocycles. The van der Waals surface area contributed by atoms with Crippen LogP contribution in [0.4, 0.5) is 0 Å². The van der Waals surface area contributed by atoms with Crippen LogP contribution in [0.25, 0.3) is 0 Å². The quantitative estimate of drug-likeness (QED) is 0.489. The van der Waals surface area contributed by atoms with Crippen molar-refractivity contribution in [1.29, 1.82) is 0 Å². The topological polar surface area (TPSA) is 78.9 Å². The van der Waals surface area contributed by atoms with Crippen LogP contribution in [0.5, 0.6) is 0 Å². The van der Waals surface area contributed by atoms with Gasteiger partial charge in [0.15, 0.2) is 0 Å². The van der Waals surface area contributed by atoms with Gasteiger partial charge < -0.3 is 0 Å². The Hall–Kier alpha value is -1.06. The van der Waals surface area contributed by atoms with Gasteiger partial charge in [0.2, 0.25) is 0 Å². The van der Waals surface area contributed by atoms with Crippen LogP contribution in [0.1, 0.15) is 0 Å². The number of hydrogen-bond acceptors (Lipinski definition) is 6. The summed E-state index contributed by atoms with van der Waals surface area (Å²) in [6.45, 7) is 0.118. The van der Waals surface area contributed by atoms with Gasteiger partial charge in [-0.3, -0.25) is 0 Å². The van der Waals surface area contributed by atoms with Crippen LogP contribution in [-0.4, -0.2) is 19.4 Å². The van der Waals surface area contributed by atoms with E-state index in [9.17, 15) is 14.4 Å². The summed E-state index contributed by atoms with van der Waals surface area (Å²) in [5.41, 5.74) is 0. The molecule has 0 aromatic rings. The van der Waals surface area contributed by atoms with Crippen LogP contribution in [0.15, 0.2) is 0 Å². The van der Waals surface area contributed by atoms with Crippen molar-refractivity contribution in [2.24, 2.45) is 0 Å². The summed E-state index contributed by atoms with van der Waals surface area (Å²) in [7, 11) is 0. The molecule has 0 saturated carbocycles. The molecule has 0 bridgehead atoms. The number of carbonyl (C=O) groups excluding carboxylic acids is 3. The summed E-state index contributed by atoms with van der Waals surface area (Å²) >= 11 is -2.71. The molecule has 0 aliphatic rings.